The van der Waals surface area contributed by atoms with E-state index in [0.29, 0.717) is 0 Å². The van der Waals surface area contributed by atoms with Crippen LogP contribution in [-0.4, -0.2) is 31.2 Å². The van der Waals surface area contributed by atoms with E-state index in [4.69, 9.17) is 10.5 Å². The van der Waals surface area contributed by atoms with Crippen molar-refractivity contribution in [1.29, 1.82) is 0 Å². The van der Waals surface area contributed by atoms with Gasteiger partial charge < -0.3 is 10.5 Å². The molecule has 0 heterocycles. The Bertz CT molecular complexity index is 344. The van der Waals surface area contributed by atoms with Gasteiger partial charge in [-0.1, -0.05) is 22.9 Å². The van der Waals surface area contributed by atoms with Crippen LogP contribution in [-0.2, 0) is 11.3 Å². The highest BCUT2D eigenvalue weighted by Crippen LogP contribution is 2.21. The Kier molecular flexibility index (Phi) is 6.55. The third-order valence-corrected chi connectivity index (χ3v) is 3.44. The van der Waals surface area contributed by atoms with Gasteiger partial charge in [-0.2, -0.15) is 0 Å². The zero-order valence-corrected chi connectivity index (χ0v) is 12.2. The Morgan fingerprint density at radius 1 is 1.35 bits per heavy atom. The number of nitrogen functional groups attached to an aromatic ring is 1. The summed E-state index contributed by atoms with van der Waals surface area (Å²) >= 11 is 3.56. The first-order chi connectivity index (χ1) is 8.17. The van der Waals surface area contributed by atoms with E-state index in [2.05, 4.69) is 27.8 Å². The second kappa shape index (κ2) is 7.69. The summed E-state index contributed by atoms with van der Waals surface area (Å²) in [5, 5.41) is 0. The van der Waals surface area contributed by atoms with E-state index in [1.165, 1.54) is 5.56 Å². The lowest BCUT2D eigenvalue weighted by Gasteiger charge is -2.21. The molecular formula is C13H21BrN2O. The Labute approximate surface area is 112 Å². The summed E-state index contributed by atoms with van der Waals surface area (Å²) in [5.41, 5.74) is 7.84. The molecule has 0 unspecified atom stereocenters. The summed E-state index contributed by atoms with van der Waals surface area (Å²) in [6.45, 7) is 8.59. The molecule has 17 heavy (non-hydrogen) atoms. The average Bonchev–Trinajstić information content (AvgIpc) is 2.32. The van der Waals surface area contributed by atoms with Crippen molar-refractivity contribution in [3.05, 3.63) is 28.2 Å². The van der Waals surface area contributed by atoms with Gasteiger partial charge in [-0.15, -0.1) is 0 Å². The van der Waals surface area contributed by atoms with Crippen LogP contribution in [0.5, 0.6) is 0 Å². The number of benzene rings is 1. The molecule has 0 radical (unpaired) electrons. The second-order valence-electron chi connectivity index (χ2n) is 3.92. The minimum atomic E-state index is 0.777. The molecule has 3 nitrogen and oxygen atoms in total. The van der Waals surface area contributed by atoms with Crippen LogP contribution in [0.1, 0.15) is 19.4 Å². The summed E-state index contributed by atoms with van der Waals surface area (Å²) in [4.78, 5) is 2.34. The monoisotopic (exact) mass is 300 g/mol. The van der Waals surface area contributed by atoms with Crippen LogP contribution in [0.2, 0.25) is 0 Å². The maximum absolute atomic E-state index is 5.80. The molecule has 0 saturated carbocycles. The number of likely N-dealkylation sites (N-methyl/N-ethyl adjacent to an activating group) is 1. The summed E-state index contributed by atoms with van der Waals surface area (Å²) in [7, 11) is 0. The van der Waals surface area contributed by atoms with Crippen LogP contribution < -0.4 is 5.73 Å². The average molecular weight is 301 g/mol. The first-order valence-electron chi connectivity index (χ1n) is 6.01. The SMILES string of the molecule is CCOCCN(CC)Cc1cc(N)ccc1Br. The quantitative estimate of drug-likeness (QED) is 0.621. The Morgan fingerprint density at radius 3 is 2.76 bits per heavy atom. The Hall–Kier alpha value is -0.580. The molecule has 0 fully saturated rings. The zero-order chi connectivity index (χ0) is 12.7. The van der Waals surface area contributed by atoms with Crippen LogP contribution >= 0.6 is 15.9 Å². The van der Waals surface area contributed by atoms with Gasteiger partial charge in [0, 0.05) is 29.9 Å². The van der Waals surface area contributed by atoms with Crippen LogP contribution in [0.15, 0.2) is 22.7 Å². The minimum absolute atomic E-state index is 0.777. The van der Waals surface area contributed by atoms with Crippen LogP contribution in [0.4, 0.5) is 5.69 Å². The van der Waals surface area contributed by atoms with Crippen molar-refractivity contribution in [1.82, 2.24) is 4.90 Å². The molecule has 0 bridgehead atoms. The molecule has 1 aromatic carbocycles. The highest BCUT2D eigenvalue weighted by atomic mass is 79.9. The molecule has 0 aromatic heterocycles. The van der Waals surface area contributed by atoms with E-state index in [0.717, 1.165) is 43.0 Å². The molecule has 0 spiro atoms. The molecule has 1 rings (SSSR count). The number of hydrogen-bond donors (Lipinski definition) is 1. The number of nitrogens with zero attached hydrogens (tertiary/aromatic N) is 1. The molecular weight excluding hydrogens is 280 g/mol. The van der Waals surface area contributed by atoms with Gasteiger partial charge in [0.1, 0.15) is 0 Å². The standard InChI is InChI=1S/C13H21BrN2O/c1-3-16(7-8-17-4-2)10-11-9-12(15)5-6-13(11)14/h5-6,9H,3-4,7-8,10,15H2,1-2H3. The number of hydrogen-bond acceptors (Lipinski definition) is 3. The van der Waals surface area contributed by atoms with E-state index in [-0.39, 0.29) is 0 Å². The van der Waals surface area contributed by atoms with E-state index >= 15 is 0 Å². The fourth-order valence-corrected chi connectivity index (χ4v) is 2.02. The predicted octanol–water partition coefficient (Wildman–Crippen LogP) is 2.89. The van der Waals surface area contributed by atoms with Crippen molar-refractivity contribution in [2.45, 2.75) is 20.4 Å². The Balaban J connectivity index is 2.57. The van der Waals surface area contributed by atoms with Gasteiger partial charge in [0.15, 0.2) is 0 Å². The smallest absolute Gasteiger partial charge is 0.0593 e. The fraction of sp³-hybridized carbons (Fsp3) is 0.538. The van der Waals surface area contributed by atoms with Crippen LogP contribution in [0, 0.1) is 0 Å². The van der Waals surface area contributed by atoms with Gasteiger partial charge in [-0.3, -0.25) is 4.90 Å². The molecule has 96 valence electrons. The van der Waals surface area contributed by atoms with Gasteiger partial charge in [-0.25, -0.2) is 0 Å². The van der Waals surface area contributed by atoms with E-state index in [1.54, 1.807) is 0 Å². The van der Waals surface area contributed by atoms with Gasteiger partial charge in [0.2, 0.25) is 0 Å². The van der Waals surface area contributed by atoms with Crippen molar-refractivity contribution in [2.75, 3.05) is 32.0 Å². The number of halogens is 1. The highest BCUT2D eigenvalue weighted by molar-refractivity contribution is 9.10. The van der Waals surface area contributed by atoms with Crippen LogP contribution in [0.3, 0.4) is 0 Å². The lowest BCUT2D eigenvalue weighted by atomic mass is 10.2. The van der Waals surface area contributed by atoms with E-state index in [9.17, 15) is 0 Å². The maximum atomic E-state index is 5.80. The molecule has 0 saturated heterocycles. The molecule has 0 aliphatic rings. The topological polar surface area (TPSA) is 38.5 Å². The van der Waals surface area contributed by atoms with Crippen molar-refractivity contribution >= 4 is 21.6 Å². The highest BCUT2D eigenvalue weighted by Gasteiger charge is 2.07. The molecule has 0 amide bonds. The summed E-state index contributed by atoms with van der Waals surface area (Å²) < 4.78 is 6.49. The third-order valence-electron chi connectivity index (χ3n) is 2.67. The zero-order valence-electron chi connectivity index (χ0n) is 10.6. The van der Waals surface area contributed by atoms with E-state index < -0.39 is 0 Å². The number of anilines is 1. The largest absolute Gasteiger partial charge is 0.399 e. The summed E-state index contributed by atoms with van der Waals surface area (Å²) in [6, 6.07) is 5.93. The van der Waals surface area contributed by atoms with Crippen molar-refractivity contribution in [2.24, 2.45) is 0 Å². The van der Waals surface area contributed by atoms with Gasteiger partial charge in [-0.05, 0) is 37.2 Å². The lowest BCUT2D eigenvalue weighted by Crippen LogP contribution is -2.27. The van der Waals surface area contributed by atoms with Crippen molar-refractivity contribution in [3.63, 3.8) is 0 Å². The third kappa shape index (κ3) is 5.06. The Morgan fingerprint density at radius 2 is 2.12 bits per heavy atom. The lowest BCUT2D eigenvalue weighted by molar-refractivity contribution is 0.113. The van der Waals surface area contributed by atoms with Crippen molar-refractivity contribution < 1.29 is 4.74 Å². The molecule has 1 aromatic rings. The molecule has 4 heteroatoms. The number of ether oxygens (including phenoxy) is 1. The van der Waals surface area contributed by atoms with Crippen molar-refractivity contribution in [3.8, 4) is 0 Å². The molecule has 0 atom stereocenters. The second-order valence-corrected chi connectivity index (χ2v) is 4.77. The van der Waals surface area contributed by atoms with Crippen LogP contribution in [0.25, 0.3) is 0 Å². The first kappa shape index (κ1) is 14.5. The van der Waals surface area contributed by atoms with Gasteiger partial charge in [0.25, 0.3) is 0 Å². The molecule has 2 N–H and O–H groups in total. The summed E-state index contributed by atoms with van der Waals surface area (Å²) in [5.74, 6) is 0. The normalized spacial score (nSPS) is 11.1. The maximum Gasteiger partial charge on any atom is 0.0593 e. The van der Waals surface area contributed by atoms with Gasteiger partial charge in [0.05, 0.1) is 6.61 Å². The number of rotatable bonds is 7. The predicted molar refractivity (Wildman–Crippen MR) is 76.0 cm³/mol. The minimum Gasteiger partial charge on any atom is -0.399 e. The molecule has 0 aliphatic heterocycles. The number of nitrogens with two attached hydrogens (primary N) is 1. The first-order valence-corrected chi connectivity index (χ1v) is 6.80. The summed E-state index contributed by atoms with van der Waals surface area (Å²) in [6.07, 6.45) is 0. The molecule has 0 aliphatic carbocycles. The fourth-order valence-electron chi connectivity index (χ4n) is 1.64. The van der Waals surface area contributed by atoms with E-state index in [1.807, 2.05) is 25.1 Å². The van der Waals surface area contributed by atoms with Gasteiger partial charge >= 0.3 is 0 Å².